The summed E-state index contributed by atoms with van der Waals surface area (Å²) in [6.45, 7) is 9.36. The first-order valence-corrected chi connectivity index (χ1v) is 7.04. The van der Waals surface area contributed by atoms with Crippen LogP contribution in [0.2, 0.25) is 0 Å². The van der Waals surface area contributed by atoms with Crippen molar-refractivity contribution < 1.29 is 4.52 Å². The van der Waals surface area contributed by atoms with Crippen LogP contribution >= 0.6 is 0 Å². The Balaban J connectivity index is 1.89. The fourth-order valence-electron chi connectivity index (χ4n) is 2.01. The van der Waals surface area contributed by atoms with E-state index in [-0.39, 0.29) is 5.54 Å². The van der Waals surface area contributed by atoms with Gasteiger partial charge in [-0.3, -0.25) is 0 Å². The predicted molar refractivity (Wildman–Crippen MR) is 79.7 cm³/mol. The molecule has 0 amide bonds. The molecule has 0 aliphatic heterocycles. The zero-order valence-corrected chi connectivity index (χ0v) is 12.7. The standard InChI is InChI=1S/C16H23N3O/c1-12-6-5-7-13(10-12)11-14-18-15(20-19-14)8-9-17-16(2,3)4/h5-7,10,17H,8-9,11H2,1-4H3. The molecule has 0 saturated carbocycles. The van der Waals surface area contributed by atoms with E-state index in [9.17, 15) is 0 Å². The Labute approximate surface area is 120 Å². The van der Waals surface area contributed by atoms with E-state index in [0.717, 1.165) is 25.2 Å². The van der Waals surface area contributed by atoms with Gasteiger partial charge in [0.25, 0.3) is 0 Å². The summed E-state index contributed by atoms with van der Waals surface area (Å²) in [6, 6.07) is 8.38. The number of nitrogens with one attached hydrogen (secondary N) is 1. The average molecular weight is 273 g/mol. The number of benzene rings is 1. The van der Waals surface area contributed by atoms with Gasteiger partial charge in [0.05, 0.1) is 0 Å². The average Bonchev–Trinajstić information content (AvgIpc) is 2.75. The first-order chi connectivity index (χ1) is 9.42. The van der Waals surface area contributed by atoms with Crippen molar-refractivity contribution in [2.24, 2.45) is 0 Å². The Morgan fingerprint density at radius 1 is 1.25 bits per heavy atom. The van der Waals surface area contributed by atoms with Crippen LogP contribution in [0.3, 0.4) is 0 Å². The van der Waals surface area contributed by atoms with Crippen molar-refractivity contribution >= 4 is 0 Å². The molecule has 2 rings (SSSR count). The summed E-state index contributed by atoms with van der Waals surface area (Å²) in [5.41, 5.74) is 2.58. The third-order valence-electron chi connectivity index (χ3n) is 2.95. The van der Waals surface area contributed by atoms with Gasteiger partial charge >= 0.3 is 0 Å². The largest absolute Gasteiger partial charge is 0.339 e. The van der Waals surface area contributed by atoms with Gasteiger partial charge in [0.1, 0.15) is 0 Å². The molecule has 0 saturated heterocycles. The van der Waals surface area contributed by atoms with Gasteiger partial charge in [-0.25, -0.2) is 0 Å². The van der Waals surface area contributed by atoms with E-state index < -0.39 is 0 Å². The van der Waals surface area contributed by atoms with Crippen LogP contribution < -0.4 is 5.32 Å². The molecule has 1 aromatic heterocycles. The van der Waals surface area contributed by atoms with Gasteiger partial charge in [-0.1, -0.05) is 35.0 Å². The van der Waals surface area contributed by atoms with Gasteiger partial charge in [-0.2, -0.15) is 4.98 Å². The highest BCUT2D eigenvalue weighted by atomic mass is 16.5. The van der Waals surface area contributed by atoms with Crippen molar-refractivity contribution in [1.82, 2.24) is 15.5 Å². The lowest BCUT2D eigenvalue weighted by atomic mass is 10.1. The molecule has 1 N–H and O–H groups in total. The number of hydrogen-bond donors (Lipinski definition) is 1. The summed E-state index contributed by atoms with van der Waals surface area (Å²) in [5.74, 6) is 1.45. The molecule has 1 heterocycles. The molecule has 0 radical (unpaired) electrons. The van der Waals surface area contributed by atoms with Crippen LogP contribution in [0, 0.1) is 6.92 Å². The summed E-state index contributed by atoms with van der Waals surface area (Å²) in [5, 5.41) is 7.45. The molecule has 0 aliphatic carbocycles. The molecular weight excluding hydrogens is 250 g/mol. The highest BCUT2D eigenvalue weighted by molar-refractivity contribution is 5.24. The summed E-state index contributed by atoms with van der Waals surface area (Å²) in [4.78, 5) is 4.44. The topological polar surface area (TPSA) is 51.0 Å². The second kappa shape index (κ2) is 6.18. The molecule has 0 spiro atoms. The van der Waals surface area contributed by atoms with Crippen LogP contribution in [-0.4, -0.2) is 22.2 Å². The number of aryl methyl sites for hydroxylation is 1. The van der Waals surface area contributed by atoms with Gasteiger partial charge in [0.2, 0.25) is 5.89 Å². The molecule has 0 unspecified atom stereocenters. The second-order valence-electron chi connectivity index (χ2n) is 6.20. The van der Waals surface area contributed by atoms with Gasteiger partial charge in [0, 0.05) is 24.9 Å². The summed E-state index contributed by atoms with van der Waals surface area (Å²) < 4.78 is 5.28. The lowest BCUT2D eigenvalue weighted by Crippen LogP contribution is -2.37. The first kappa shape index (κ1) is 14.7. The maximum absolute atomic E-state index is 5.28. The van der Waals surface area contributed by atoms with Crippen LogP contribution in [0.25, 0.3) is 0 Å². The first-order valence-electron chi connectivity index (χ1n) is 7.04. The van der Waals surface area contributed by atoms with E-state index in [1.54, 1.807) is 0 Å². The maximum atomic E-state index is 5.28. The molecule has 0 atom stereocenters. The highest BCUT2D eigenvalue weighted by Gasteiger charge is 2.11. The third kappa shape index (κ3) is 4.78. The Kier molecular flexibility index (Phi) is 4.55. The molecule has 0 bridgehead atoms. The molecule has 4 nitrogen and oxygen atoms in total. The lowest BCUT2D eigenvalue weighted by molar-refractivity contribution is 0.359. The van der Waals surface area contributed by atoms with Crippen LogP contribution in [0.15, 0.2) is 28.8 Å². The molecule has 108 valence electrons. The van der Waals surface area contributed by atoms with E-state index in [1.165, 1.54) is 11.1 Å². The van der Waals surface area contributed by atoms with Crippen molar-refractivity contribution in [1.29, 1.82) is 0 Å². The van der Waals surface area contributed by atoms with Gasteiger partial charge in [-0.15, -0.1) is 0 Å². The second-order valence-corrected chi connectivity index (χ2v) is 6.20. The number of rotatable bonds is 5. The van der Waals surface area contributed by atoms with Crippen LogP contribution in [0.1, 0.15) is 43.6 Å². The predicted octanol–water partition coefficient (Wildman–Crippen LogP) is 2.90. The number of hydrogen-bond acceptors (Lipinski definition) is 4. The Morgan fingerprint density at radius 3 is 2.75 bits per heavy atom. The SMILES string of the molecule is Cc1cccc(Cc2noc(CCNC(C)(C)C)n2)c1. The van der Waals surface area contributed by atoms with Crippen molar-refractivity contribution in [3.8, 4) is 0 Å². The smallest absolute Gasteiger partial charge is 0.227 e. The minimum absolute atomic E-state index is 0.115. The minimum atomic E-state index is 0.115. The molecular formula is C16H23N3O. The molecule has 0 aliphatic rings. The van der Waals surface area contributed by atoms with E-state index in [0.29, 0.717) is 5.89 Å². The van der Waals surface area contributed by atoms with Crippen molar-refractivity contribution in [2.45, 2.75) is 46.1 Å². The minimum Gasteiger partial charge on any atom is -0.339 e. The normalized spacial score (nSPS) is 11.8. The van der Waals surface area contributed by atoms with Crippen molar-refractivity contribution in [2.75, 3.05) is 6.54 Å². The quantitative estimate of drug-likeness (QED) is 0.910. The Bertz CT molecular complexity index is 555. The Morgan fingerprint density at radius 2 is 2.05 bits per heavy atom. The van der Waals surface area contributed by atoms with Gasteiger partial charge in [-0.05, 0) is 33.3 Å². The van der Waals surface area contributed by atoms with E-state index in [1.807, 2.05) is 0 Å². The van der Waals surface area contributed by atoms with Crippen LogP contribution in [-0.2, 0) is 12.8 Å². The highest BCUT2D eigenvalue weighted by Crippen LogP contribution is 2.09. The van der Waals surface area contributed by atoms with E-state index in [4.69, 9.17) is 4.52 Å². The summed E-state index contributed by atoms with van der Waals surface area (Å²) >= 11 is 0. The summed E-state index contributed by atoms with van der Waals surface area (Å²) in [6.07, 6.45) is 1.48. The monoisotopic (exact) mass is 273 g/mol. The molecule has 4 heteroatoms. The van der Waals surface area contributed by atoms with Crippen LogP contribution in [0.5, 0.6) is 0 Å². The molecule has 1 aromatic carbocycles. The third-order valence-corrected chi connectivity index (χ3v) is 2.95. The maximum Gasteiger partial charge on any atom is 0.227 e. The number of aromatic nitrogens is 2. The van der Waals surface area contributed by atoms with Gasteiger partial charge in [0.15, 0.2) is 5.82 Å². The zero-order valence-electron chi connectivity index (χ0n) is 12.7. The van der Waals surface area contributed by atoms with Crippen LogP contribution in [0.4, 0.5) is 0 Å². The molecule has 20 heavy (non-hydrogen) atoms. The number of nitrogens with zero attached hydrogens (tertiary/aromatic N) is 2. The molecule has 0 fully saturated rings. The zero-order chi connectivity index (χ0) is 14.6. The van der Waals surface area contributed by atoms with Crippen molar-refractivity contribution in [3.05, 3.63) is 47.1 Å². The van der Waals surface area contributed by atoms with E-state index >= 15 is 0 Å². The van der Waals surface area contributed by atoms with E-state index in [2.05, 4.69) is 67.4 Å². The van der Waals surface area contributed by atoms with Crippen molar-refractivity contribution in [3.63, 3.8) is 0 Å². The Hall–Kier alpha value is -1.68. The fraction of sp³-hybridized carbons (Fsp3) is 0.500. The fourth-order valence-corrected chi connectivity index (χ4v) is 2.01. The van der Waals surface area contributed by atoms with Gasteiger partial charge < -0.3 is 9.84 Å². The lowest BCUT2D eigenvalue weighted by Gasteiger charge is -2.19. The summed E-state index contributed by atoms with van der Waals surface area (Å²) in [7, 11) is 0. The molecule has 2 aromatic rings.